The summed E-state index contributed by atoms with van der Waals surface area (Å²) in [5, 5.41) is 6.63. The molecule has 1 aliphatic rings. The number of hydrogen-bond donors (Lipinski definition) is 0. The van der Waals surface area contributed by atoms with Gasteiger partial charge >= 0.3 is 6.18 Å². The van der Waals surface area contributed by atoms with E-state index in [2.05, 4.69) is 36.2 Å². The van der Waals surface area contributed by atoms with E-state index in [-0.39, 0.29) is 6.04 Å². The minimum absolute atomic E-state index is 0.0673. The Labute approximate surface area is 137 Å². The van der Waals surface area contributed by atoms with Crippen LogP contribution in [0, 0.1) is 13.8 Å². The van der Waals surface area contributed by atoms with Gasteiger partial charge in [-0.2, -0.15) is 13.2 Å². The molecule has 23 heavy (non-hydrogen) atoms. The van der Waals surface area contributed by atoms with Crippen molar-refractivity contribution in [3.63, 3.8) is 0 Å². The summed E-state index contributed by atoms with van der Waals surface area (Å²) in [4.78, 5) is 1.98. The van der Waals surface area contributed by atoms with Gasteiger partial charge in [0, 0.05) is 6.54 Å². The van der Waals surface area contributed by atoms with Crippen LogP contribution in [0.3, 0.4) is 0 Å². The second kappa shape index (κ2) is 6.11. The second-order valence-corrected chi connectivity index (χ2v) is 6.84. The lowest BCUT2D eigenvalue weighted by Gasteiger charge is -2.36. The van der Waals surface area contributed by atoms with Crippen LogP contribution in [0.15, 0.2) is 18.2 Å². The fourth-order valence-corrected chi connectivity index (χ4v) is 3.85. The SMILES string of the molecule is Cc1cccc(C2CCCCN2c2nnc(C(F)(F)F)s2)c1C. The summed E-state index contributed by atoms with van der Waals surface area (Å²) in [5.41, 5.74) is 3.57. The fourth-order valence-electron chi connectivity index (χ4n) is 3.06. The summed E-state index contributed by atoms with van der Waals surface area (Å²) in [6.07, 6.45) is -1.48. The number of halogens is 3. The van der Waals surface area contributed by atoms with Crippen molar-refractivity contribution in [2.75, 3.05) is 11.4 Å². The zero-order chi connectivity index (χ0) is 16.6. The molecule has 0 aliphatic carbocycles. The molecule has 124 valence electrons. The van der Waals surface area contributed by atoms with Crippen LogP contribution in [0.25, 0.3) is 0 Å². The van der Waals surface area contributed by atoms with E-state index in [4.69, 9.17) is 0 Å². The van der Waals surface area contributed by atoms with E-state index in [1.165, 1.54) is 16.7 Å². The fraction of sp³-hybridized carbons (Fsp3) is 0.500. The van der Waals surface area contributed by atoms with Crippen molar-refractivity contribution < 1.29 is 13.2 Å². The zero-order valence-corrected chi connectivity index (χ0v) is 13.8. The molecular formula is C16H18F3N3S. The zero-order valence-electron chi connectivity index (χ0n) is 13.0. The van der Waals surface area contributed by atoms with Crippen LogP contribution in [-0.2, 0) is 6.18 Å². The van der Waals surface area contributed by atoms with Crippen LogP contribution in [-0.4, -0.2) is 16.7 Å². The van der Waals surface area contributed by atoms with E-state index in [9.17, 15) is 13.2 Å². The summed E-state index contributed by atoms with van der Waals surface area (Å²) in [7, 11) is 0. The van der Waals surface area contributed by atoms with Gasteiger partial charge in [0.05, 0.1) is 6.04 Å². The predicted molar refractivity (Wildman–Crippen MR) is 84.8 cm³/mol. The second-order valence-electron chi connectivity index (χ2n) is 5.88. The molecule has 1 unspecified atom stereocenters. The maximum atomic E-state index is 12.8. The Bertz CT molecular complexity index is 696. The third-order valence-corrected chi connectivity index (χ3v) is 5.42. The molecule has 2 heterocycles. The summed E-state index contributed by atoms with van der Waals surface area (Å²) in [5.74, 6) is 0. The van der Waals surface area contributed by atoms with Gasteiger partial charge in [0.25, 0.3) is 0 Å². The number of alkyl halides is 3. The Kier molecular flexibility index (Phi) is 4.31. The Morgan fingerprint density at radius 3 is 2.65 bits per heavy atom. The van der Waals surface area contributed by atoms with Crippen LogP contribution in [0.1, 0.15) is 47.0 Å². The Balaban J connectivity index is 1.96. The molecule has 0 bridgehead atoms. The van der Waals surface area contributed by atoms with Gasteiger partial charge in [-0.15, -0.1) is 10.2 Å². The highest BCUT2D eigenvalue weighted by Gasteiger charge is 2.37. The number of aryl methyl sites for hydroxylation is 1. The smallest absolute Gasteiger partial charge is 0.340 e. The Morgan fingerprint density at radius 1 is 1.17 bits per heavy atom. The van der Waals surface area contributed by atoms with Gasteiger partial charge in [0.2, 0.25) is 10.1 Å². The third-order valence-electron chi connectivity index (χ3n) is 4.41. The summed E-state index contributed by atoms with van der Waals surface area (Å²) >= 11 is 0.634. The number of aromatic nitrogens is 2. The van der Waals surface area contributed by atoms with E-state index in [0.29, 0.717) is 23.0 Å². The molecule has 1 atom stereocenters. The molecule has 1 fully saturated rings. The first-order valence-corrected chi connectivity index (χ1v) is 8.43. The van der Waals surface area contributed by atoms with E-state index in [1.807, 2.05) is 11.0 Å². The van der Waals surface area contributed by atoms with Crippen molar-refractivity contribution in [1.82, 2.24) is 10.2 Å². The number of piperidine rings is 1. The average Bonchev–Trinajstić information content (AvgIpc) is 3.00. The van der Waals surface area contributed by atoms with Gasteiger partial charge in [-0.05, 0) is 49.8 Å². The van der Waals surface area contributed by atoms with Crippen LogP contribution < -0.4 is 4.90 Å². The number of hydrogen-bond acceptors (Lipinski definition) is 4. The number of nitrogens with zero attached hydrogens (tertiary/aromatic N) is 3. The van der Waals surface area contributed by atoms with Gasteiger partial charge < -0.3 is 4.90 Å². The molecule has 0 amide bonds. The predicted octanol–water partition coefficient (Wildman–Crippen LogP) is 4.91. The Morgan fingerprint density at radius 2 is 1.96 bits per heavy atom. The van der Waals surface area contributed by atoms with E-state index in [0.717, 1.165) is 19.3 Å². The van der Waals surface area contributed by atoms with Crippen molar-refractivity contribution in [3.05, 3.63) is 39.9 Å². The third kappa shape index (κ3) is 3.20. The molecule has 2 aromatic rings. The number of rotatable bonds is 2. The highest BCUT2D eigenvalue weighted by Crippen LogP contribution is 2.40. The first-order chi connectivity index (χ1) is 10.9. The Hall–Kier alpha value is -1.63. The van der Waals surface area contributed by atoms with E-state index < -0.39 is 11.2 Å². The minimum atomic E-state index is -4.43. The van der Waals surface area contributed by atoms with Gasteiger partial charge in [-0.1, -0.05) is 29.5 Å². The van der Waals surface area contributed by atoms with Crippen molar-refractivity contribution in [1.29, 1.82) is 0 Å². The summed E-state index contributed by atoms with van der Waals surface area (Å²) < 4.78 is 38.4. The van der Waals surface area contributed by atoms with E-state index >= 15 is 0 Å². The number of benzene rings is 1. The molecule has 0 spiro atoms. The van der Waals surface area contributed by atoms with Crippen molar-refractivity contribution in [2.45, 2.75) is 45.3 Å². The molecule has 1 aliphatic heterocycles. The van der Waals surface area contributed by atoms with Gasteiger partial charge in [-0.25, -0.2) is 0 Å². The monoisotopic (exact) mass is 341 g/mol. The largest absolute Gasteiger partial charge is 0.445 e. The van der Waals surface area contributed by atoms with Crippen LogP contribution in [0.2, 0.25) is 0 Å². The lowest BCUT2D eigenvalue weighted by Crippen LogP contribution is -2.33. The van der Waals surface area contributed by atoms with Crippen LogP contribution in [0.4, 0.5) is 18.3 Å². The highest BCUT2D eigenvalue weighted by atomic mass is 32.1. The minimum Gasteiger partial charge on any atom is -0.340 e. The van der Waals surface area contributed by atoms with Gasteiger partial charge in [0.1, 0.15) is 0 Å². The van der Waals surface area contributed by atoms with Crippen LogP contribution >= 0.6 is 11.3 Å². The number of anilines is 1. The molecule has 3 nitrogen and oxygen atoms in total. The molecule has 0 N–H and O–H groups in total. The maximum absolute atomic E-state index is 12.8. The molecule has 7 heteroatoms. The summed E-state index contributed by atoms with van der Waals surface area (Å²) in [6.45, 7) is 4.84. The molecule has 3 rings (SSSR count). The summed E-state index contributed by atoms with van der Waals surface area (Å²) in [6, 6.07) is 6.19. The topological polar surface area (TPSA) is 29.0 Å². The maximum Gasteiger partial charge on any atom is 0.445 e. The van der Waals surface area contributed by atoms with Crippen LogP contribution in [0.5, 0.6) is 0 Å². The van der Waals surface area contributed by atoms with Crippen molar-refractivity contribution in [2.24, 2.45) is 0 Å². The molecule has 1 saturated heterocycles. The first kappa shape index (κ1) is 16.2. The average molecular weight is 341 g/mol. The van der Waals surface area contributed by atoms with Crippen molar-refractivity contribution in [3.8, 4) is 0 Å². The molecule has 1 aromatic heterocycles. The molecular weight excluding hydrogens is 323 g/mol. The molecule has 0 saturated carbocycles. The van der Waals surface area contributed by atoms with Crippen molar-refractivity contribution >= 4 is 16.5 Å². The lowest BCUT2D eigenvalue weighted by molar-refractivity contribution is -0.138. The lowest BCUT2D eigenvalue weighted by atomic mass is 9.91. The quantitative estimate of drug-likeness (QED) is 0.777. The highest BCUT2D eigenvalue weighted by molar-refractivity contribution is 7.15. The molecule has 1 aromatic carbocycles. The van der Waals surface area contributed by atoms with E-state index in [1.54, 1.807) is 0 Å². The standard InChI is InChI=1S/C16H18F3N3S/c1-10-6-5-7-12(11(10)2)13-8-3-4-9-22(13)15-21-20-14(23-15)16(17,18)19/h5-7,13H,3-4,8-9H2,1-2H3. The van der Waals surface area contributed by atoms with Gasteiger partial charge in [0.15, 0.2) is 0 Å². The van der Waals surface area contributed by atoms with Gasteiger partial charge in [-0.3, -0.25) is 0 Å². The molecule has 0 radical (unpaired) electrons. The first-order valence-electron chi connectivity index (χ1n) is 7.61. The normalized spacial score (nSPS) is 19.2.